The molecular formula is C66H59N9. The Morgan fingerprint density at radius 1 is 0.453 bits per heavy atom. The number of hydrogen-bond donors (Lipinski definition) is 4. The molecular weight excluding hydrogens is 919 g/mol. The molecule has 9 heteroatoms. The molecule has 1 aliphatic carbocycles. The summed E-state index contributed by atoms with van der Waals surface area (Å²) in [4.78, 5) is 2.23. The van der Waals surface area contributed by atoms with E-state index in [1.807, 2.05) is 86.6 Å². The van der Waals surface area contributed by atoms with Crippen molar-refractivity contribution < 1.29 is 0 Å². The molecule has 2 aromatic heterocycles. The van der Waals surface area contributed by atoms with E-state index in [4.69, 9.17) is 23.2 Å². The number of allylic oxidation sites excluding steroid dienone is 2. The van der Waals surface area contributed by atoms with E-state index in [0.717, 1.165) is 79.2 Å². The molecule has 0 unspecified atom stereocenters. The Hall–Kier alpha value is -9.54. The highest BCUT2D eigenvalue weighted by atomic mass is 15.4. The van der Waals surface area contributed by atoms with E-state index in [1.165, 1.54) is 32.8 Å². The zero-order chi connectivity index (χ0) is 51.7. The summed E-state index contributed by atoms with van der Waals surface area (Å²) < 4.78 is 4.57. The van der Waals surface area contributed by atoms with Crippen LogP contribution >= 0.6 is 0 Å². The Morgan fingerprint density at radius 3 is 1.16 bits per heavy atom. The molecule has 9 nitrogen and oxygen atoms in total. The van der Waals surface area contributed by atoms with Gasteiger partial charge in [-0.05, 0) is 98.3 Å². The average Bonchev–Trinajstić information content (AvgIpc) is 3.98. The minimum Gasteiger partial charge on any atom is -0.396 e. The molecule has 0 spiro atoms. The second-order valence-corrected chi connectivity index (χ2v) is 18.9. The Kier molecular flexibility index (Phi) is 12.8. The lowest BCUT2D eigenvalue weighted by Crippen LogP contribution is -2.35. The number of para-hydroxylation sites is 5. The quantitative estimate of drug-likeness (QED) is 0.0611. The first-order valence-corrected chi connectivity index (χ1v) is 25.2. The third kappa shape index (κ3) is 8.55. The molecule has 0 amide bonds. The fourth-order valence-electron chi connectivity index (χ4n) is 10.6. The number of benzene rings is 9. The summed E-state index contributed by atoms with van der Waals surface area (Å²) in [5.41, 5.74) is 31.6. The van der Waals surface area contributed by atoms with Crippen LogP contribution in [-0.4, -0.2) is 22.7 Å². The monoisotopic (exact) mass is 977 g/mol. The highest BCUT2D eigenvalue weighted by Gasteiger charge is 2.29. The van der Waals surface area contributed by atoms with Crippen LogP contribution in [0.3, 0.4) is 0 Å². The zero-order valence-corrected chi connectivity index (χ0v) is 42.4. The van der Waals surface area contributed by atoms with Crippen LogP contribution in [0.2, 0.25) is 0 Å². The first-order valence-electron chi connectivity index (χ1n) is 25.2. The minimum absolute atomic E-state index is 0.493. The van der Waals surface area contributed by atoms with E-state index < -0.39 is 0 Å². The van der Waals surface area contributed by atoms with Crippen LogP contribution in [0.15, 0.2) is 237 Å². The van der Waals surface area contributed by atoms with Gasteiger partial charge in [-0.1, -0.05) is 158 Å². The fraction of sp³-hybridized carbons (Fsp3) is 0.0606. The minimum atomic E-state index is 0.493. The maximum atomic E-state index is 7.28. The van der Waals surface area contributed by atoms with Crippen molar-refractivity contribution in [2.75, 3.05) is 28.5 Å². The van der Waals surface area contributed by atoms with Crippen LogP contribution in [-0.2, 0) is 0 Å². The number of aromatic nitrogens is 2. The van der Waals surface area contributed by atoms with Crippen molar-refractivity contribution in [1.82, 2.24) is 9.13 Å². The van der Waals surface area contributed by atoms with Crippen LogP contribution in [0.5, 0.6) is 0 Å². The smallest absolute Gasteiger partial charge is 0.0890 e. The largest absolute Gasteiger partial charge is 0.396 e. The van der Waals surface area contributed by atoms with Crippen LogP contribution in [0, 0.1) is 0 Å². The molecule has 0 aliphatic heterocycles. The number of rotatable bonds is 10. The van der Waals surface area contributed by atoms with Gasteiger partial charge in [0.25, 0.3) is 0 Å². The van der Waals surface area contributed by atoms with Crippen molar-refractivity contribution in [3.63, 3.8) is 0 Å². The van der Waals surface area contributed by atoms with Crippen molar-refractivity contribution >= 4 is 89.0 Å². The Morgan fingerprint density at radius 2 is 0.787 bits per heavy atom. The van der Waals surface area contributed by atoms with Crippen molar-refractivity contribution in [2.45, 2.75) is 13.8 Å². The molecule has 2 heterocycles. The molecule has 75 heavy (non-hydrogen) atoms. The summed E-state index contributed by atoms with van der Waals surface area (Å²) in [6.07, 6.45) is 4.22. The lowest BCUT2D eigenvalue weighted by Gasteiger charge is -2.32. The number of hydrogen-bond acceptors (Lipinski definition) is 7. The third-order valence-electron chi connectivity index (χ3n) is 14.3. The van der Waals surface area contributed by atoms with Crippen LogP contribution < -0.4 is 38.1 Å². The van der Waals surface area contributed by atoms with E-state index in [2.05, 4.69) is 185 Å². The number of nitrogens with two attached hydrogens (primary N) is 4. The molecule has 368 valence electrons. The molecule has 0 saturated carbocycles. The van der Waals surface area contributed by atoms with Gasteiger partial charge in [-0.2, -0.15) is 0 Å². The van der Waals surface area contributed by atoms with Crippen molar-refractivity contribution in [2.24, 2.45) is 23.2 Å². The molecule has 9 aromatic carbocycles. The van der Waals surface area contributed by atoms with E-state index >= 15 is 0 Å². The van der Waals surface area contributed by atoms with Gasteiger partial charge in [0.15, 0.2) is 0 Å². The number of nitrogens with zero attached hydrogens (tertiary/aromatic N) is 5. The summed E-state index contributed by atoms with van der Waals surface area (Å²) in [5, 5.41) is 8.14. The Bertz CT molecular complexity index is 3710. The van der Waals surface area contributed by atoms with Gasteiger partial charge in [0.1, 0.15) is 0 Å². The van der Waals surface area contributed by atoms with Crippen LogP contribution in [0.4, 0.5) is 17.1 Å². The molecule has 0 fully saturated rings. The van der Waals surface area contributed by atoms with E-state index in [9.17, 15) is 0 Å². The molecule has 0 bridgehead atoms. The van der Waals surface area contributed by atoms with Gasteiger partial charge in [0.05, 0.1) is 56.2 Å². The maximum absolute atomic E-state index is 7.28. The van der Waals surface area contributed by atoms with Crippen molar-refractivity contribution in [1.29, 1.82) is 0 Å². The van der Waals surface area contributed by atoms with Gasteiger partial charge < -0.3 is 25.5 Å². The maximum Gasteiger partial charge on any atom is 0.0890 e. The summed E-state index contributed by atoms with van der Waals surface area (Å²) in [5.74, 6) is 14.3. The molecule has 0 saturated heterocycles. The predicted molar refractivity (Wildman–Crippen MR) is 319 cm³/mol. The standard InChI is InChI=1S/C52H40N8.C14H19N/c53-49-41-17-1-3-19-43(41)51(59(55)35-29-25-33(26-30-35)57-45-21-9-5-13-37(45)38-14-6-10-22-46(38)57)50(54)42-18-2-4-20-44(42)52(49)60(56)36-31-27-34(28-32-36)58-47-23-11-7-15-39(47)40-16-8-12-24-48(40)58;1-5-6-11-15(4)14-10-8-7-9-13(14)12(2)3/h1-32H,53-56H2;5-10H,2,11H2,1,3-4H3/b49-41?,50-42?,51-43?,51-50-,52-44?,52-49-;6-5-. The normalized spacial score (nSPS) is 14.3. The first kappa shape index (κ1) is 47.8. The lowest BCUT2D eigenvalue weighted by molar-refractivity contribution is 1.02. The molecule has 12 rings (SSSR count). The van der Waals surface area contributed by atoms with Crippen LogP contribution in [0.1, 0.15) is 41.7 Å². The summed E-state index contributed by atoms with van der Waals surface area (Å²) in [6, 6.07) is 74.7. The summed E-state index contributed by atoms with van der Waals surface area (Å²) >= 11 is 0. The first-order chi connectivity index (χ1) is 36.6. The van der Waals surface area contributed by atoms with E-state index in [-0.39, 0.29) is 0 Å². The van der Waals surface area contributed by atoms with Crippen LogP contribution in [0.25, 0.3) is 83.3 Å². The second-order valence-electron chi connectivity index (χ2n) is 18.9. The second kappa shape index (κ2) is 20.2. The number of likely N-dealkylation sites (N-methyl/N-ethyl adjacent to an activating group) is 1. The van der Waals surface area contributed by atoms with Gasteiger partial charge in [0.2, 0.25) is 0 Å². The SMILES string of the molecule is C=C(C)c1ccccc1N(C)C/C=C\C.N/C1=C(\N(N)c2ccc(-n3c4ccccc4c4ccccc43)cc2)c2ccccc2/C(N)=C(/N(N)c2ccc(-n3c4ccccc4c4ccccc43)cc2)c2ccccc21. The number of hydrazine groups is 2. The van der Waals surface area contributed by atoms with Gasteiger partial charge in [-0.3, -0.25) is 10.0 Å². The average molecular weight is 978 g/mol. The van der Waals surface area contributed by atoms with Gasteiger partial charge in [0, 0.05) is 80.0 Å². The summed E-state index contributed by atoms with van der Waals surface area (Å²) in [6.45, 7) is 9.02. The third-order valence-corrected chi connectivity index (χ3v) is 14.3. The molecule has 0 radical (unpaired) electrons. The lowest BCUT2D eigenvalue weighted by atomic mass is 9.89. The Balaban J connectivity index is 0.000000348. The molecule has 11 aromatic rings. The van der Waals surface area contributed by atoms with E-state index in [0.29, 0.717) is 22.8 Å². The predicted octanol–water partition coefficient (Wildman–Crippen LogP) is 14.3. The van der Waals surface area contributed by atoms with Crippen molar-refractivity contribution in [3.8, 4) is 11.4 Å². The molecule has 0 atom stereocenters. The van der Waals surface area contributed by atoms with E-state index in [1.54, 1.807) is 10.0 Å². The van der Waals surface area contributed by atoms with Gasteiger partial charge in [-0.15, -0.1) is 0 Å². The zero-order valence-electron chi connectivity index (χ0n) is 42.4. The molecule has 8 N–H and O–H groups in total. The Labute approximate surface area is 438 Å². The molecule has 1 aliphatic rings. The number of fused-ring (bicyclic) bond motifs is 8. The van der Waals surface area contributed by atoms with Crippen molar-refractivity contribution in [3.05, 3.63) is 265 Å². The highest BCUT2D eigenvalue weighted by Crippen LogP contribution is 2.42. The van der Waals surface area contributed by atoms with Gasteiger partial charge >= 0.3 is 0 Å². The fourth-order valence-corrected chi connectivity index (χ4v) is 10.6. The van der Waals surface area contributed by atoms with Gasteiger partial charge in [-0.25, -0.2) is 11.7 Å². The topological polar surface area (TPSA) is 124 Å². The number of anilines is 3. The summed E-state index contributed by atoms with van der Waals surface area (Å²) in [7, 11) is 2.10. The highest BCUT2D eigenvalue weighted by molar-refractivity contribution is 6.11.